The van der Waals surface area contributed by atoms with E-state index in [1.54, 1.807) is 10.7 Å². The number of nitrogens with zero attached hydrogens (tertiary/aromatic N) is 2. The minimum absolute atomic E-state index is 0.0430. The molecule has 1 fully saturated rings. The molecule has 2 N–H and O–H groups in total. The lowest BCUT2D eigenvalue weighted by Crippen LogP contribution is -2.55. The molecule has 0 aromatic carbocycles. The Balaban J connectivity index is 1.82. The number of carbonyl (C=O) groups is 1. The summed E-state index contributed by atoms with van der Waals surface area (Å²) in [6.07, 6.45) is 4.57. The van der Waals surface area contributed by atoms with Crippen molar-refractivity contribution in [2.45, 2.75) is 32.4 Å². The lowest BCUT2D eigenvalue weighted by atomic mass is 9.89. The Morgan fingerprint density at radius 2 is 2.30 bits per heavy atom. The lowest BCUT2D eigenvalue weighted by molar-refractivity contribution is 0.0899. The SMILES string of the molecule is CC1CCNC(C)C1NC(=O)c1cnn2ccccc12. The average molecular weight is 272 g/mol. The minimum Gasteiger partial charge on any atom is -0.347 e. The maximum Gasteiger partial charge on any atom is 0.255 e. The standard InChI is InChI=1S/C15H20N4O/c1-10-6-7-16-11(2)14(10)18-15(20)12-9-17-19-8-4-3-5-13(12)19/h3-5,8-11,14,16H,6-7H2,1-2H3,(H,18,20). The van der Waals surface area contributed by atoms with Gasteiger partial charge in [-0.05, 0) is 37.9 Å². The number of carbonyl (C=O) groups excluding carboxylic acids is 1. The fourth-order valence-corrected chi connectivity index (χ4v) is 2.94. The summed E-state index contributed by atoms with van der Waals surface area (Å²) in [6, 6.07) is 6.19. The van der Waals surface area contributed by atoms with Gasteiger partial charge in [-0.1, -0.05) is 13.0 Å². The van der Waals surface area contributed by atoms with Crippen LogP contribution in [0.5, 0.6) is 0 Å². The van der Waals surface area contributed by atoms with Crippen LogP contribution < -0.4 is 10.6 Å². The van der Waals surface area contributed by atoms with Gasteiger partial charge in [-0.25, -0.2) is 4.52 Å². The van der Waals surface area contributed by atoms with E-state index >= 15 is 0 Å². The summed E-state index contributed by atoms with van der Waals surface area (Å²) in [5, 5.41) is 10.8. The van der Waals surface area contributed by atoms with E-state index in [0.717, 1.165) is 18.5 Å². The lowest BCUT2D eigenvalue weighted by Gasteiger charge is -2.35. The first-order valence-corrected chi connectivity index (χ1v) is 7.13. The molecule has 1 amide bonds. The fourth-order valence-electron chi connectivity index (χ4n) is 2.94. The Hall–Kier alpha value is -1.88. The molecule has 20 heavy (non-hydrogen) atoms. The van der Waals surface area contributed by atoms with Crippen LogP contribution in [-0.2, 0) is 0 Å². The van der Waals surface area contributed by atoms with Gasteiger partial charge in [0.2, 0.25) is 0 Å². The molecule has 3 unspecified atom stereocenters. The molecule has 1 aliphatic heterocycles. The number of rotatable bonds is 2. The topological polar surface area (TPSA) is 58.4 Å². The summed E-state index contributed by atoms with van der Waals surface area (Å²) in [5.41, 5.74) is 1.48. The molecule has 0 saturated carbocycles. The van der Waals surface area contributed by atoms with Gasteiger partial charge in [0.1, 0.15) is 0 Å². The van der Waals surface area contributed by atoms with E-state index in [1.807, 2.05) is 24.4 Å². The summed E-state index contributed by atoms with van der Waals surface area (Å²) in [6.45, 7) is 5.33. The number of hydrogen-bond donors (Lipinski definition) is 2. The van der Waals surface area contributed by atoms with Crippen molar-refractivity contribution in [1.29, 1.82) is 0 Å². The van der Waals surface area contributed by atoms with Crippen LogP contribution in [0.3, 0.4) is 0 Å². The molecule has 3 rings (SSSR count). The van der Waals surface area contributed by atoms with Gasteiger partial charge in [-0.15, -0.1) is 0 Å². The highest BCUT2D eigenvalue weighted by atomic mass is 16.1. The molecular weight excluding hydrogens is 252 g/mol. The monoisotopic (exact) mass is 272 g/mol. The van der Waals surface area contributed by atoms with Crippen LogP contribution in [0.1, 0.15) is 30.6 Å². The van der Waals surface area contributed by atoms with E-state index in [-0.39, 0.29) is 11.9 Å². The maximum atomic E-state index is 12.5. The average Bonchev–Trinajstić information content (AvgIpc) is 2.87. The Labute approximate surface area is 118 Å². The van der Waals surface area contributed by atoms with Crippen molar-refractivity contribution in [2.24, 2.45) is 5.92 Å². The number of hydrogen-bond acceptors (Lipinski definition) is 3. The smallest absolute Gasteiger partial charge is 0.255 e. The van der Waals surface area contributed by atoms with Gasteiger partial charge in [0, 0.05) is 18.3 Å². The van der Waals surface area contributed by atoms with E-state index < -0.39 is 0 Å². The van der Waals surface area contributed by atoms with Gasteiger partial charge in [0.15, 0.2) is 0 Å². The molecule has 0 spiro atoms. The van der Waals surface area contributed by atoms with Crippen molar-refractivity contribution < 1.29 is 4.79 Å². The van der Waals surface area contributed by atoms with Crippen molar-refractivity contribution in [3.63, 3.8) is 0 Å². The molecule has 1 saturated heterocycles. The van der Waals surface area contributed by atoms with Crippen LogP contribution in [0.2, 0.25) is 0 Å². The van der Waals surface area contributed by atoms with Gasteiger partial charge in [-0.3, -0.25) is 4.79 Å². The molecule has 0 bridgehead atoms. The summed E-state index contributed by atoms with van der Waals surface area (Å²) < 4.78 is 1.72. The quantitative estimate of drug-likeness (QED) is 0.870. The largest absolute Gasteiger partial charge is 0.347 e. The number of aromatic nitrogens is 2. The highest BCUT2D eigenvalue weighted by molar-refractivity contribution is 6.00. The van der Waals surface area contributed by atoms with Crippen LogP contribution in [-0.4, -0.2) is 34.1 Å². The second-order valence-corrected chi connectivity index (χ2v) is 5.60. The Morgan fingerprint density at radius 1 is 1.45 bits per heavy atom. The summed E-state index contributed by atoms with van der Waals surface area (Å²) in [4.78, 5) is 12.5. The normalized spacial score (nSPS) is 26.6. The first kappa shape index (κ1) is 13.1. The summed E-state index contributed by atoms with van der Waals surface area (Å²) in [5.74, 6) is 0.440. The van der Waals surface area contributed by atoms with E-state index in [1.165, 1.54) is 0 Å². The minimum atomic E-state index is -0.0430. The summed E-state index contributed by atoms with van der Waals surface area (Å²) in [7, 11) is 0. The number of fused-ring (bicyclic) bond motifs is 1. The van der Waals surface area contributed by atoms with Crippen molar-refractivity contribution in [2.75, 3.05) is 6.54 Å². The Kier molecular flexibility index (Phi) is 3.44. The molecule has 3 atom stereocenters. The van der Waals surface area contributed by atoms with Crippen LogP contribution in [0.15, 0.2) is 30.6 Å². The van der Waals surface area contributed by atoms with E-state index in [0.29, 0.717) is 17.5 Å². The van der Waals surface area contributed by atoms with E-state index in [9.17, 15) is 4.79 Å². The van der Waals surface area contributed by atoms with Crippen LogP contribution >= 0.6 is 0 Å². The molecule has 5 nitrogen and oxygen atoms in total. The zero-order valence-corrected chi connectivity index (χ0v) is 11.8. The zero-order chi connectivity index (χ0) is 14.1. The first-order chi connectivity index (χ1) is 9.66. The molecule has 1 aliphatic rings. The zero-order valence-electron chi connectivity index (χ0n) is 11.8. The molecule has 2 aromatic rings. The third-order valence-corrected chi connectivity index (χ3v) is 4.19. The predicted molar refractivity (Wildman–Crippen MR) is 77.7 cm³/mol. The number of nitrogens with one attached hydrogen (secondary N) is 2. The molecule has 106 valence electrons. The van der Waals surface area contributed by atoms with Gasteiger partial charge in [0.25, 0.3) is 5.91 Å². The number of amides is 1. The van der Waals surface area contributed by atoms with Crippen LogP contribution in [0.25, 0.3) is 5.52 Å². The van der Waals surface area contributed by atoms with Gasteiger partial charge >= 0.3 is 0 Å². The molecule has 3 heterocycles. The molecule has 0 aliphatic carbocycles. The Morgan fingerprint density at radius 3 is 3.10 bits per heavy atom. The van der Waals surface area contributed by atoms with Crippen molar-refractivity contribution in [1.82, 2.24) is 20.2 Å². The summed E-state index contributed by atoms with van der Waals surface area (Å²) >= 11 is 0. The van der Waals surface area contributed by atoms with Crippen molar-refractivity contribution in [3.8, 4) is 0 Å². The van der Waals surface area contributed by atoms with Crippen molar-refractivity contribution in [3.05, 3.63) is 36.2 Å². The predicted octanol–water partition coefficient (Wildman–Crippen LogP) is 1.45. The van der Waals surface area contributed by atoms with Gasteiger partial charge < -0.3 is 10.6 Å². The van der Waals surface area contributed by atoms with Crippen LogP contribution in [0.4, 0.5) is 0 Å². The molecule has 0 radical (unpaired) electrons. The highest BCUT2D eigenvalue weighted by Crippen LogP contribution is 2.17. The highest BCUT2D eigenvalue weighted by Gasteiger charge is 2.29. The third-order valence-electron chi connectivity index (χ3n) is 4.19. The Bertz CT molecular complexity index is 611. The van der Waals surface area contributed by atoms with Crippen LogP contribution in [0, 0.1) is 5.92 Å². The van der Waals surface area contributed by atoms with E-state index in [2.05, 4.69) is 29.6 Å². The maximum absolute atomic E-state index is 12.5. The first-order valence-electron chi connectivity index (χ1n) is 7.13. The van der Waals surface area contributed by atoms with Gasteiger partial charge in [0.05, 0.1) is 17.3 Å². The molecule has 5 heteroatoms. The second kappa shape index (κ2) is 5.25. The second-order valence-electron chi connectivity index (χ2n) is 5.60. The number of pyridine rings is 1. The fraction of sp³-hybridized carbons (Fsp3) is 0.467. The van der Waals surface area contributed by atoms with Crippen molar-refractivity contribution >= 4 is 11.4 Å². The van der Waals surface area contributed by atoms with E-state index in [4.69, 9.17) is 0 Å². The molecule has 2 aromatic heterocycles. The third kappa shape index (κ3) is 2.29. The molecular formula is C15H20N4O. The number of piperidine rings is 1. The van der Waals surface area contributed by atoms with Gasteiger partial charge in [-0.2, -0.15) is 5.10 Å².